The van der Waals surface area contributed by atoms with Crippen LogP contribution in [0.4, 0.5) is 0 Å². The highest BCUT2D eigenvalue weighted by atomic mass is 79.9. The van der Waals surface area contributed by atoms with Gasteiger partial charge in [-0.25, -0.2) is 0 Å². The number of alkyl halides is 1. The van der Waals surface area contributed by atoms with Gasteiger partial charge in [-0.2, -0.15) is 0 Å². The Bertz CT molecular complexity index is 520. The summed E-state index contributed by atoms with van der Waals surface area (Å²) in [4.78, 5) is 1.73. The number of rotatable bonds is 2. The summed E-state index contributed by atoms with van der Waals surface area (Å²) < 4.78 is 0.868. The average Bonchev–Trinajstić information content (AvgIpc) is 2.67. The molecule has 0 aliphatic heterocycles. The molecular formula is C13H10BrClS. The quantitative estimate of drug-likeness (QED) is 0.670. The molecule has 16 heavy (non-hydrogen) atoms. The van der Waals surface area contributed by atoms with Crippen LogP contribution in [0, 0.1) is 0 Å². The molecule has 0 radical (unpaired) electrons. The Kier molecular flexibility index (Phi) is 2.82. The van der Waals surface area contributed by atoms with Crippen molar-refractivity contribution in [1.29, 1.82) is 0 Å². The summed E-state index contributed by atoms with van der Waals surface area (Å²) >= 11 is 11.4. The lowest BCUT2D eigenvalue weighted by atomic mass is 9.75. The molecule has 0 saturated carbocycles. The number of benzene rings is 1. The minimum absolute atomic E-state index is 0.403. The van der Waals surface area contributed by atoms with Crippen LogP contribution in [-0.4, -0.2) is 0 Å². The lowest BCUT2D eigenvalue weighted by molar-refractivity contribution is 0.605. The van der Waals surface area contributed by atoms with Crippen molar-refractivity contribution < 1.29 is 0 Å². The molecule has 1 aromatic carbocycles. The van der Waals surface area contributed by atoms with Gasteiger partial charge in [0.25, 0.3) is 0 Å². The maximum Gasteiger partial charge on any atom is 0.0931 e. The molecule has 1 aliphatic carbocycles. The fourth-order valence-corrected chi connectivity index (χ4v) is 4.24. The fourth-order valence-electron chi connectivity index (χ4n) is 2.23. The Morgan fingerprint density at radius 1 is 1.25 bits per heavy atom. The van der Waals surface area contributed by atoms with Crippen LogP contribution in [-0.2, 0) is 6.42 Å². The molecule has 1 aromatic heterocycles. The summed E-state index contributed by atoms with van der Waals surface area (Å²) in [6, 6.07) is 12.8. The molecule has 0 amide bonds. The van der Waals surface area contributed by atoms with Crippen LogP contribution >= 0.6 is 38.9 Å². The van der Waals surface area contributed by atoms with E-state index in [1.54, 1.807) is 11.3 Å². The van der Waals surface area contributed by atoms with E-state index in [1.165, 1.54) is 22.4 Å². The van der Waals surface area contributed by atoms with Gasteiger partial charge in [0.15, 0.2) is 0 Å². The zero-order chi connectivity index (χ0) is 11.1. The Labute approximate surface area is 112 Å². The number of halogens is 2. The molecule has 3 rings (SSSR count). The van der Waals surface area contributed by atoms with Gasteiger partial charge < -0.3 is 0 Å². The van der Waals surface area contributed by atoms with Crippen LogP contribution in [0.25, 0.3) is 0 Å². The van der Waals surface area contributed by atoms with Crippen molar-refractivity contribution in [3.8, 4) is 0 Å². The molecule has 2 unspecified atom stereocenters. The van der Waals surface area contributed by atoms with Crippen LogP contribution in [0.2, 0.25) is 4.34 Å². The summed E-state index contributed by atoms with van der Waals surface area (Å²) in [5, 5.41) is 0. The van der Waals surface area contributed by atoms with Crippen LogP contribution in [0.1, 0.15) is 26.7 Å². The standard InChI is InChI=1S/C13H10BrClS/c14-13(11-5-6-12(15)16-11)10-7-8-3-1-2-4-9(8)10/h1-6,10,13H,7H2. The maximum absolute atomic E-state index is 5.97. The Morgan fingerprint density at radius 3 is 2.75 bits per heavy atom. The minimum atomic E-state index is 0.403. The first-order valence-electron chi connectivity index (χ1n) is 5.23. The van der Waals surface area contributed by atoms with E-state index in [0.29, 0.717) is 10.7 Å². The van der Waals surface area contributed by atoms with E-state index in [0.717, 1.165) is 4.34 Å². The van der Waals surface area contributed by atoms with E-state index < -0.39 is 0 Å². The van der Waals surface area contributed by atoms with Gasteiger partial charge in [0.2, 0.25) is 0 Å². The van der Waals surface area contributed by atoms with Gasteiger partial charge in [-0.15, -0.1) is 11.3 Å². The molecule has 3 heteroatoms. The van der Waals surface area contributed by atoms with E-state index in [2.05, 4.69) is 46.3 Å². The van der Waals surface area contributed by atoms with Crippen molar-refractivity contribution >= 4 is 38.9 Å². The second kappa shape index (κ2) is 4.17. The van der Waals surface area contributed by atoms with E-state index in [9.17, 15) is 0 Å². The van der Waals surface area contributed by atoms with Crippen LogP contribution < -0.4 is 0 Å². The highest BCUT2D eigenvalue weighted by Crippen LogP contribution is 2.49. The fraction of sp³-hybridized carbons (Fsp3) is 0.231. The SMILES string of the molecule is Clc1ccc(C(Br)C2Cc3ccccc32)s1. The minimum Gasteiger partial charge on any atom is -0.127 e. The van der Waals surface area contributed by atoms with E-state index >= 15 is 0 Å². The van der Waals surface area contributed by atoms with Gasteiger partial charge in [-0.05, 0) is 29.7 Å². The molecule has 0 saturated heterocycles. The molecule has 82 valence electrons. The second-order valence-corrected chi connectivity index (χ2v) is 6.79. The summed E-state index contributed by atoms with van der Waals surface area (Å²) in [5.41, 5.74) is 2.97. The Morgan fingerprint density at radius 2 is 2.06 bits per heavy atom. The number of thiophene rings is 1. The highest BCUT2D eigenvalue weighted by molar-refractivity contribution is 9.09. The number of hydrogen-bond acceptors (Lipinski definition) is 1. The molecule has 0 spiro atoms. The van der Waals surface area contributed by atoms with Crippen molar-refractivity contribution in [3.63, 3.8) is 0 Å². The van der Waals surface area contributed by atoms with Crippen molar-refractivity contribution in [3.05, 3.63) is 56.7 Å². The van der Waals surface area contributed by atoms with Gasteiger partial charge >= 0.3 is 0 Å². The zero-order valence-electron chi connectivity index (χ0n) is 8.49. The smallest absolute Gasteiger partial charge is 0.0931 e. The van der Waals surface area contributed by atoms with Crippen LogP contribution in [0.15, 0.2) is 36.4 Å². The summed E-state index contributed by atoms with van der Waals surface area (Å²) in [5.74, 6) is 0.603. The largest absolute Gasteiger partial charge is 0.127 e. The van der Waals surface area contributed by atoms with Gasteiger partial charge in [0.1, 0.15) is 0 Å². The van der Waals surface area contributed by atoms with Gasteiger partial charge in [0, 0.05) is 10.8 Å². The predicted octanol–water partition coefficient (Wildman–Crippen LogP) is 5.18. The van der Waals surface area contributed by atoms with Crippen molar-refractivity contribution in [1.82, 2.24) is 0 Å². The summed E-state index contributed by atoms with van der Waals surface area (Å²) in [6.07, 6.45) is 1.17. The lowest BCUT2D eigenvalue weighted by Crippen LogP contribution is -2.20. The van der Waals surface area contributed by atoms with Gasteiger partial charge in [-0.1, -0.05) is 51.8 Å². The molecular weight excluding hydrogens is 304 g/mol. The first-order chi connectivity index (χ1) is 7.75. The third kappa shape index (κ3) is 1.73. The molecule has 1 heterocycles. The topological polar surface area (TPSA) is 0 Å². The number of fused-ring (bicyclic) bond motifs is 1. The first-order valence-corrected chi connectivity index (χ1v) is 7.34. The molecule has 2 atom stereocenters. The molecule has 0 bridgehead atoms. The zero-order valence-corrected chi connectivity index (χ0v) is 11.6. The predicted molar refractivity (Wildman–Crippen MR) is 73.9 cm³/mol. The average molecular weight is 314 g/mol. The van der Waals surface area contributed by atoms with Crippen LogP contribution in [0.5, 0.6) is 0 Å². The summed E-state index contributed by atoms with van der Waals surface area (Å²) in [7, 11) is 0. The van der Waals surface area contributed by atoms with E-state index in [-0.39, 0.29) is 0 Å². The molecule has 0 fully saturated rings. The highest BCUT2D eigenvalue weighted by Gasteiger charge is 2.32. The Balaban J connectivity index is 1.87. The van der Waals surface area contributed by atoms with Crippen molar-refractivity contribution in [2.24, 2.45) is 0 Å². The van der Waals surface area contributed by atoms with E-state index in [1.807, 2.05) is 6.07 Å². The monoisotopic (exact) mass is 312 g/mol. The van der Waals surface area contributed by atoms with Gasteiger partial charge in [-0.3, -0.25) is 0 Å². The lowest BCUT2D eigenvalue weighted by Gasteiger charge is -2.33. The third-order valence-corrected chi connectivity index (χ3v) is 5.86. The van der Waals surface area contributed by atoms with Crippen LogP contribution in [0.3, 0.4) is 0 Å². The van der Waals surface area contributed by atoms with Crippen molar-refractivity contribution in [2.75, 3.05) is 0 Å². The normalized spacial score (nSPS) is 20.0. The maximum atomic E-state index is 5.97. The number of hydrogen-bond donors (Lipinski definition) is 0. The Hall–Kier alpha value is -0.310. The van der Waals surface area contributed by atoms with E-state index in [4.69, 9.17) is 11.6 Å². The van der Waals surface area contributed by atoms with Gasteiger partial charge in [0.05, 0.1) is 9.16 Å². The third-order valence-electron chi connectivity index (χ3n) is 3.11. The summed E-state index contributed by atoms with van der Waals surface area (Å²) in [6.45, 7) is 0. The van der Waals surface area contributed by atoms with Crippen molar-refractivity contribution in [2.45, 2.75) is 17.2 Å². The molecule has 2 aromatic rings. The molecule has 0 nitrogen and oxygen atoms in total. The first kappa shape index (κ1) is 10.8. The second-order valence-electron chi connectivity index (χ2n) is 4.05. The molecule has 1 aliphatic rings. The molecule has 0 N–H and O–H groups in total.